The second-order valence-corrected chi connectivity index (χ2v) is 5.60. The number of anilines is 3. The highest BCUT2D eigenvalue weighted by molar-refractivity contribution is 6.04. The number of rotatable bonds is 4. The zero-order valence-corrected chi connectivity index (χ0v) is 13.7. The molecule has 1 aromatic heterocycles. The molecule has 3 rings (SSSR count). The minimum Gasteiger partial charge on any atom is -0.340 e. The molecular weight excluding hydrogens is 362 g/mol. The lowest BCUT2D eigenvalue weighted by Gasteiger charge is -2.11. The van der Waals surface area contributed by atoms with E-state index in [1.165, 1.54) is 48.7 Å². The molecule has 0 aliphatic heterocycles. The average Bonchev–Trinajstić information content (AvgIpc) is 2.61. The maximum atomic E-state index is 13.2. The Kier molecular flexibility index (Phi) is 5.07. The van der Waals surface area contributed by atoms with Crippen LogP contribution in [0.1, 0.15) is 15.9 Å². The highest BCUT2D eigenvalue weighted by Crippen LogP contribution is 2.30. The number of hydrogen-bond acceptors (Lipinski definition) is 3. The number of hydrogen-bond donors (Lipinski definition) is 2. The van der Waals surface area contributed by atoms with Gasteiger partial charge in [0.05, 0.1) is 5.56 Å². The van der Waals surface area contributed by atoms with Crippen LogP contribution in [0, 0.1) is 5.82 Å². The molecule has 0 fully saturated rings. The third-order valence-corrected chi connectivity index (χ3v) is 3.57. The Bertz CT molecular complexity index is 973. The van der Waals surface area contributed by atoms with E-state index in [0.29, 0.717) is 5.69 Å². The van der Waals surface area contributed by atoms with Crippen LogP contribution < -0.4 is 10.6 Å². The van der Waals surface area contributed by atoms with Crippen molar-refractivity contribution in [3.05, 3.63) is 83.8 Å². The molecule has 0 radical (unpaired) electrons. The second kappa shape index (κ2) is 7.45. The van der Waals surface area contributed by atoms with E-state index < -0.39 is 23.5 Å². The van der Waals surface area contributed by atoms with E-state index in [1.807, 2.05) is 0 Å². The third kappa shape index (κ3) is 4.81. The molecular formula is C19H13F4N3O. The number of carbonyl (C=O) groups excluding carboxylic acids is 1. The normalized spacial score (nSPS) is 11.1. The zero-order chi connectivity index (χ0) is 19.4. The predicted octanol–water partition coefficient (Wildman–Crippen LogP) is 5.24. The Labute approximate surface area is 151 Å². The summed E-state index contributed by atoms with van der Waals surface area (Å²) in [5.41, 5.74) is -0.214. The average molecular weight is 375 g/mol. The van der Waals surface area contributed by atoms with E-state index in [9.17, 15) is 22.4 Å². The maximum Gasteiger partial charge on any atom is 0.416 e. The summed E-state index contributed by atoms with van der Waals surface area (Å²) in [5, 5.41) is 5.27. The van der Waals surface area contributed by atoms with Crippen molar-refractivity contribution < 1.29 is 22.4 Å². The SMILES string of the molecule is O=C(Nc1cccc(C(F)(F)F)c1)c1ccnc(Nc2cccc(F)c2)c1. The molecule has 0 atom stereocenters. The van der Waals surface area contributed by atoms with Crippen molar-refractivity contribution in [2.75, 3.05) is 10.6 Å². The molecule has 0 saturated carbocycles. The summed E-state index contributed by atoms with van der Waals surface area (Å²) < 4.78 is 51.5. The van der Waals surface area contributed by atoms with Crippen LogP contribution in [0.5, 0.6) is 0 Å². The van der Waals surface area contributed by atoms with E-state index >= 15 is 0 Å². The number of nitrogens with one attached hydrogen (secondary N) is 2. The Morgan fingerprint density at radius 2 is 1.67 bits per heavy atom. The first-order chi connectivity index (χ1) is 12.8. The van der Waals surface area contributed by atoms with Gasteiger partial charge in [0.25, 0.3) is 5.91 Å². The summed E-state index contributed by atoms with van der Waals surface area (Å²) in [6.45, 7) is 0. The molecule has 27 heavy (non-hydrogen) atoms. The summed E-state index contributed by atoms with van der Waals surface area (Å²) in [5.74, 6) is -0.741. The molecule has 1 amide bonds. The van der Waals surface area contributed by atoms with Gasteiger partial charge in [-0.3, -0.25) is 4.79 Å². The van der Waals surface area contributed by atoms with Crippen molar-refractivity contribution in [1.29, 1.82) is 0 Å². The first kappa shape index (κ1) is 18.4. The number of aromatic nitrogens is 1. The quantitative estimate of drug-likeness (QED) is 0.614. The molecule has 0 bridgehead atoms. The molecule has 1 heterocycles. The Morgan fingerprint density at radius 1 is 0.926 bits per heavy atom. The molecule has 0 saturated heterocycles. The Hall–Kier alpha value is -3.42. The number of alkyl halides is 3. The van der Waals surface area contributed by atoms with Crippen molar-refractivity contribution in [3.8, 4) is 0 Å². The van der Waals surface area contributed by atoms with Crippen LogP contribution in [0.15, 0.2) is 66.9 Å². The van der Waals surface area contributed by atoms with Crippen molar-refractivity contribution in [1.82, 2.24) is 4.98 Å². The van der Waals surface area contributed by atoms with Gasteiger partial charge in [0.2, 0.25) is 0 Å². The van der Waals surface area contributed by atoms with Crippen LogP contribution in [-0.2, 0) is 6.18 Å². The van der Waals surface area contributed by atoms with E-state index in [4.69, 9.17) is 0 Å². The Morgan fingerprint density at radius 3 is 2.41 bits per heavy atom. The van der Waals surface area contributed by atoms with E-state index in [0.717, 1.165) is 12.1 Å². The van der Waals surface area contributed by atoms with Gasteiger partial charge in [-0.1, -0.05) is 12.1 Å². The van der Waals surface area contributed by atoms with Gasteiger partial charge in [-0.05, 0) is 48.5 Å². The van der Waals surface area contributed by atoms with Crippen molar-refractivity contribution >= 4 is 23.1 Å². The third-order valence-electron chi connectivity index (χ3n) is 3.57. The Balaban J connectivity index is 1.76. The molecule has 0 spiro atoms. The van der Waals surface area contributed by atoms with Crippen LogP contribution in [-0.4, -0.2) is 10.9 Å². The number of benzene rings is 2. The molecule has 2 aromatic carbocycles. The number of carbonyl (C=O) groups is 1. The number of pyridine rings is 1. The number of halogens is 4. The lowest BCUT2D eigenvalue weighted by Crippen LogP contribution is -2.13. The van der Waals surface area contributed by atoms with Crippen LogP contribution in [0.3, 0.4) is 0 Å². The van der Waals surface area contributed by atoms with Crippen molar-refractivity contribution in [2.24, 2.45) is 0 Å². The molecule has 2 N–H and O–H groups in total. The summed E-state index contributed by atoms with van der Waals surface area (Å²) >= 11 is 0. The molecule has 8 heteroatoms. The first-order valence-corrected chi connectivity index (χ1v) is 7.78. The van der Waals surface area contributed by atoms with Gasteiger partial charge in [0.15, 0.2) is 0 Å². The molecule has 138 valence electrons. The van der Waals surface area contributed by atoms with Gasteiger partial charge in [-0.25, -0.2) is 9.37 Å². The number of amides is 1. The molecule has 0 unspecified atom stereocenters. The van der Waals surface area contributed by atoms with Crippen LogP contribution in [0.2, 0.25) is 0 Å². The largest absolute Gasteiger partial charge is 0.416 e. The van der Waals surface area contributed by atoms with Crippen molar-refractivity contribution in [2.45, 2.75) is 6.18 Å². The predicted molar refractivity (Wildman–Crippen MR) is 93.3 cm³/mol. The van der Waals surface area contributed by atoms with Gasteiger partial charge in [-0.15, -0.1) is 0 Å². The lowest BCUT2D eigenvalue weighted by molar-refractivity contribution is -0.137. The van der Waals surface area contributed by atoms with Gasteiger partial charge in [-0.2, -0.15) is 13.2 Å². The van der Waals surface area contributed by atoms with Gasteiger partial charge >= 0.3 is 6.18 Å². The minimum atomic E-state index is -4.50. The van der Waals surface area contributed by atoms with Crippen molar-refractivity contribution in [3.63, 3.8) is 0 Å². The smallest absolute Gasteiger partial charge is 0.340 e. The first-order valence-electron chi connectivity index (χ1n) is 7.78. The van der Waals surface area contributed by atoms with Crippen LogP contribution in [0.4, 0.5) is 34.8 Å². The number of nitrogens with zero attached hydrogens (tertiary/aromatic N) is 1. The topological polar surface area (TPSA) is 54.0 Å². The molecule has 0 aliphatic carbocycles. The van der Waals surface area contributed by atoms with Crippen LogP contribution >= 0.6 is 0 Å². The maximum absolute atomic E-state index is 13.2. The fraction of sp³-hybridized carbons (Fsp3) is 0.0526. The summed E-state index contributed by atoms with van der Waals surface area (Å²) in [7, 11) is 0. The fourth-order valence-corrected chi connectivity index (χ4v) is 2.33. The molecule has 0 aliphatic rings. The van der Waals surface area contributed by atoms with Gasteiger partial charge < -0.3 is 10.6 Å². The van der Waals surface area contributed by atoms with E-state index in [-0.39, 0.29) is 17.1 Å². The van der Waals surface area contributed by atoms with Gasteiger partial charge in [0, 0.05) is 23.1 Å². The standard InChI is InChI=1S/C19H13F4N3O/c20-14-4-2-6-16(11-14)25-17-9-12(7-8-24-17)18(27)26-15-5-1-3-13(10-15)19(21,22)23/h1-11H,(H,24,25)(H,26,27). The highest BCUT2D eigenvalue weighted by atomic mass is 19.4. The monoisotopic (exact) mass is 375 g/mol. The fourth-order valence-electron chi connectivity index (χ4n) is 2.33. The summed E-state index contributed by atoms with van der Waals surface area (Å²) in [6.07, 6.45) is -3.14. The summed E-state index contributed by atoms with van der Waals surface area (Å²) in [4.78, 5) is 16.4. The molecule has 3 aromatic rings. The minimum absolute atomic E-state index is 0.0197. The van der Waals surface area contributed by atoms with E-state index in [2.05, 4.69) is 15.6 Å². The lowest BCUT2D eigenvalue weighted by atomic mass is 10.2. The second-order valence-electron chi connectivity index (χ2n) is 5.60. The highest BCUT2D eigenvalue weighted by Gasteiger charge is 2.30. The zero-order valence-electron chi connectivity index (χ0n) is 13.7. The molecule has 4 nitrogen and oxygen atoms in total. The van der Waals surface area contributed by atoms with Crippen LogP contribution in [0.25, 0.3) is 0 Å². The summed E-state index contributed by atoms with van der Waals surface area (Å²) in [6, 6.07) is 12.9. The van der Waals surface area contributed by atoms with E-state index in [1.54, 1.807) is 6.07 Å². The van der Waals surface area contributed by atoms with Gasteiger partial charge in [0.1, 0.15) is 11.6 Å².